The topological polar surface area (TPSA) is 38.8 Å². The minimum Gasteiger partial charge on any atom is -0.444 e. The van der Waals surface area contributed by atoms with Crippen molar-refractivity contribution in [3.8, 4) is 0 Å². The molecule has 2 saturated heterocycles. The van der Waals surface area contributed by atoms with E-state index in [-0.39, 0.29) is 12.1 Å². The summed E-state index contributed by atoms with van der Waals surface area (Å²) in [4.78, 5) is 14.2. The van der Waals surface area contributed by atoms with Crippen LogP contribution < -0.4 is 0 Å². The fourth-order valence-corrected chi connectivity index (χ4v) is 3.79. The first-order chi connectivity index (χ1) is 9.35. The molecular weight excluding hydrogens is 322 g/mol. The van der Waals surface area contributed by atoms with E-state index in [1.54, 1.807) is 0 Å². The number of ether oxygens (including phenoxy) is 2. The van der Waals surface area contributed by atoms with Crippen LogP contribution in [0.2, 0.25) is 0 Å². The van der Waals surface area contributed by atoms with Crippen LogP contribution in [0.1, 0.15) is 46.5 Å². The third-order valence-corrected chi connectivity index (χ3v) is 5.10. The third kappa shape index (κ3) is 3.88. The van der Waals surface area contributed by atoms with Crippen LogP contribution in [0.5, 0.6) is 0 Å². The van der Waals surface area contributed by atoms with Crippen LogP contribution in [0.3, 0.4) is 0 Å². The van der Waals surface area contributed by atoms with Gasteiger partial charge in [-0.25, -0.2) is 4.79 Å². The van der Waals surface area contributed by atoms with Crippen molar-refractivity contribution in [3.05, 3.63) is 0 Å². The van der Waals surface area contributed by atoms with Gasteiger partial charge in [0.15, 0.2) is 0 Å². The molecule has 0 aromatic carbocycles. The molecule has 0 saturated carbocycles. The summed E-state index contributed by atoms with van der Waals surface area (Å²) in [5, 5.41) is 0.814. The van der Waals surface area contributed by atoms with Crippen molar-refractivity contribution in [2.75, 3.05) is 25.1 Å². The van der Waals surface area contributed by atoms with Crippen LogP contribution in [-0.2, 0) is 9.47 Å². The molecule has 1 spiro atoms. The van der Waals surface area contributed by atoms with Gasteiger partial charge in [-0.2, -0.15) is 0 Å². The Kier molecular flexibility index (Phi) is 5.00. The molecule has 1 amide bonds. The van der Waals surface area contributed by atoms with Gasteiger partial charge in [-0.15, -0.1) is 0 Å². The minimum absolute atomic E-state index is 0.177. The Morgan fingerprint density at radius 2 is 2.00 bits per heavy atom. The summed E-state index contributed by atoms with van der Waals surface area (Å²) in [7, 11) is 0. The van der Waals surface area contributed by atoms with Gasteiger partial charge < -0.3 is 14.4 Å². The quantitative estimate of drug-likeness (QED) is 0.680. The number of nitrogens with zero attached hydrogens (tertiary/aromatic N) is 1. The molecule has 5 heteroatoms. The lowest BCUT2D eigenvalue weighted by molar-refractivity contribution is -0.0434. The van der Waals surface area contributed by atoms with Crippen molar-refractivity contribution in [1.29, 1.82) is 0 Å². The second kappa shape index (κ2) is 6.22. The SMILES string of the molecule is CC(C)(C)OC(=O)N1CCC2(CCOCC2)CC1CBr. The summed E-state index contributed by atoms with van der Waals surface area (Å²) >= 11 is 3.57. The number of hydrogen-bond donors (Lipinski definition) is 0. The molecule has 2 heterocycles. The molecule has 1 unspecified atom stereocenters. The number of carbonyl (C=O) groups excluding carboxylic acids is 1. The van der Waals surface area contributed by atoms with Gasteiger partial charge in [-0.05, 0) is 51.9 Å². The molecule has 0 aromatic rings. The molecule has 2 rings (SSSR count). The standard InChI is InChI=1S/C15H26BrNO3/c1-14(2,3)20-13(18)17-7-4-15(10-12(17)11-16)5-8-19-9-6-15/h12H,4-11H2,1-3H3. The number of piperidine rings is 1. The summed E-state index contributed by atoms with van der Waals surface area (Å²) in [5.41, 5.74) is -0.0586. The highest BCUT2D eigenvalue weighted by Crippen LogP contribution is 2.43. The molecule has 1 atom stereocenters. The maximum Gasteiger partial charge on any atom is 0.410 e. The smallest absolute Gasteiger partial charge is 0.410 e. The van der Waals surface area contributed by atoms with Crippen LogP contribution in [0, 0.1) is 5.41 Å². The molecule has 116 valence electrons. The van der Waals surface area contributed by atoms with Gasteiger partial charge in [0.1, 0.15) is 5.60 Å². The molecule has 0 aliphatic carbocycles. The van der Waals surface area contributed by atoms with Crippen LogP contribution in [0.15, 0.2) is 0 Å². The minimum atomic E-state index is -0.429. The molecule has 0 N–H and O–H groups in total. The van der Waals surface area contributed by atoms with Crippen LogP contribution in [0.25, 0.3) is 0 Å². The van der Waals surface area contributed by atoms with E-state index in [0.717, 1.165) is 50.8 Å². The van der Waals surface area contributed by atoms with Crippen molar-refractivity contribution in [1.82, 2.24) is 4.90 Å². The molecule has 0 radical (unpaired) electrons. The lowest BCUT2D eigenvalue weighted by atomic mass is 9.70. The van der Waals surface area contributed by atoms with Crippen molar-refractivity contribution in [2.24, 2.45) is 5.41 Å². The number of carbonyl (C=O) groups is 1. The second-order valence-electron chi connectivity index (χ2n) is 7.05. The first-order valence-electron chi connectivity index (χ1n) is 7.49. The molecule has 2 aliphatic heterocycles. The van der Waals surface area contributed by atoms with Gasteiger partial charge >= 0.3 is 6.09 Å². The Morgan fingerprint density at radius 1 is 1.35 bits per heavy atom. The van der Waals surface area contributed by atoms with Crippen molar-refractivity contribution >= 4 is 22.0 Å². The highest BCUT2D eigenvalue weighted by molar-refractivity contribution is 9.09. The Morgan fingerprint density at radius 3 is 2.55 bits per heavy atom. The highest BCUT2D eigenvalue weighted by Gasteiger charge is 2.42. The first kappa shape index (κ1) is 16.1. The van der Waals surface area contributed by atoms with E-state index in [4.69, 9.17) is 9.47 Å². The number of halogens is 1. The number of amides is 1. The van der Waals surface area contributed by atoms with Crippen molar-refractivity contribution < 1.29 is 14.3 Å². The van der Waals surface area contributed by atoms with E-state index in [2.05, 4.69) is 15.9 Å². The molecule has 0 aromatic heterocycles. The molecule has 0 bridgehead atoms. The molecule has 2 aliphatic rings. The van der Waals surface area contributed by atoms with Gasteiger partial charge in [0, 0.05) is 31.1 Å². The Labute approximate surface area is 130 Å². The first-order valence-corrected chi connectivity index (χ1v) is 8.61. The fourth-order valence-electron chi connectivity index (χ4n) is 3.21. The largest absolute Gasteiger partial charge is 0.444 e. The summed E-state index contributed by atoms with van der Waals surface area (Å²) < 4.78 is 11.0. The molecule has 2 fully saturated rings. The summed E-state index contributed by atoms with van der Waals surface area (Å²) in [6.07, 6.45) is 4.20. The maximum atomic E-state index is 12.3. The normalized spacial score (nSPS) is 26.6. The highest BCUT2D eigenvalue weighted by atomic mass is 79.9. The lowest BCUT2D eigenvalue weighted by Gasteiger charge is -2.48. The van der Waals surface area contributed by atoms with E-state index >= 15 is 0 Å². The van der Waals surface area contributed by atoms with Crippen molar-refractivity contribution in [2.45, 2.75) is 58.1 Å². The zero-order valence-corrected chi connectivity index (χ0v) is 14.4. The second-order valence-corrected chi connectivity index (χ2v) is 7.70. The van der Waals surface area contributed by atoms with E-state index in [1.165, 1.54) is 0 Å². The predicted molar refractivity (Wildman–Crippen MR) is 82.2 cm³/mol. The van der Waals surface area contributed by atoms with Crippen LogP contribution in [0.4, 0.5) is 4.79 Å². The van der Waals surface area contributed by atoms with E-state index in [1.807, 2.05) is 25.7 Å². The molecule has 4 nitrogen and oxygen atoms in total. The van der Waals surface area contributed by atoms with Gasteiger partial charge in [0.25, 0.3) is 0 Å². The molecular formula is C15H26BrNO3. The van der Waals surface area contributed by atoms with Crippen LogP contribution >= 0.6 is 15.9 Å². The Balaban J connectivity index is 2.01. The Hall–Kier alpha value is -0.290. The Bertz CT molecular complexity index is 348. The average molecular weight is 348 g/mol. The van der Waals surface area contributed by atoms with Gasteiger partial charge in [0.05, 0.1) is 0 Å². The van der Waals surface area contributed by atoms with E-state index < -0.39 is 5.60 Å². The van der Waals surface area contributed by atoms with Crippen molar-refractivity contribution in [3.63, 3.8) is 0 Å². The zero-order valence-electron chi connectivity index (χ0n) is 12.8. The predicted octanol–water partition coefficient (Wildman–Crippen LogP) is 3.58. The maximum absolute atomic E-state index is 12.3. The van der Waals surface area contributed by atoms with Gasteiger partial charge in [-0.3, -0.25) is 0 Å². The third-order valence-electron chi connectivity index (χ3n) is 4.35. The number of hydrogen-bond acceptors (Lipinski definition) is 3. The van der Waals surface area contributed by atoms with E-state index in [9.17, 15) is 4.79 Å². The number of alkyl halides is 1. The monoisotopic (exact) mass is 347 g/mol. The summed E-state index contributed by atoms with van der Waals surface area (Å²) in [6.45, 7) is 8.27. The number of rotatable bonds is 1. The average Bonchev–Trinajstić information content (AvgIpc) is 2.37. The zero-order chi connectivity index (χ0) is 14.8. The summed E-state index contributed by atoms with van der Waals surface area (Å²) in [5.74, 6) is 0. The van der Waals surface area contributed by atoms with Gasteiger partial charge in [0.2, 0.25) is 0 Å². The number of likely N-dealkylation sites (tertiary alicyclic amines) is 1. The van der Waals surface area contributed by atoms with Crippen LogP contribution in [-0.4, -0.2) is 47.7 Å². The van der Waals surface area contributed by atoms with Gasteiger partial charge in [-0.1, -0.05) is 15.9 Å². The summed E-state index contributed by atoms with van der Waals surface area (Å²) in [6, 6.07) is 0.233. The van der Waals surface area contributed by atoms with E-state index in [0.29, 0.717) is 5.41 Å². The molecule has 20 heavy (non-hydrogen) atoms. The fraction of sp³-hybridized carbons (Fsp3) is 0.933. The lowest BCUT2D eigenvalue weighted by Crippen LogP contribution is -2.53.